The van der Waals surface area contributed by atoms with Crippen LogP contribution in [0.3, 0.4) is 0 Å². The molecule has 0 aliphatic rings. The summed E-state index contributed by atoms with van der Waals surface area (Å²) >= 11 is 0. The Labute approximate surface area is 83.3 Å². The van der Waals surface area contributed by atoms with Gasteiger partial charge in [-0.15, -0.1) is 0 Å². The molecule has 86 valence electrons. The lowest BCUT2D eigenvalue weighted by Gasteiger charge is -2.27. The molecular formula is C10H19F3O. The molecule has 0 aromatic carbocycles. The molecule has 0 aliphatic heterocycles. The summed E-state index contributed by atoms with van der Waals surface area (Å²) in [7, 11) is 0. The van der Waals surface area contributed by atoms with Gasteiger partial charge in [-0.3, -0.25) is 0 Å². The Bertz CT molecular complexity index is 158. The molecule has 1 atom stereocenters. The van der Waals surface area contributed by atoms with E-state index >= 15 is 0 Å². The number of halogens is 3. The highest BCUT2D eigenvalue weighted by atomic mass is 19.4. The van der Waals surface area contributed by atoms with Crippen molar-refractivity contribution < 1.29 is 18.3 Å². The van der Waals surface area contributed by atoms with Crippen molar-refractivity contribution in [2.45, 2.75) is 46.2 Å². The van der Waals surface area contributed by atoms with Gasteiger partial charge in [-0.05, 0) is 24.7 Å². The third-order valence-electron chi connectivity index (χ3n) is 2.03. The minimum Gasteiger partial charge on any atom is -0.396 e. The van der Waals surface area contributed by atoms with Crippen molar-refractivity contribution in [3.8, 4) is 0 Å². The van der Waals surface area contributed by atoms with Crippen molar-refractivity contribution in [1.82, 2.24) is 0 Å². The van der Waals surface area contributed by atoms with Crippen molar-refractivity contribution in [1.29, 1.82) is 0 Å². The zero-order valence-electron chi connectivity index (χ0n) is 8.99. The normalized spacial score (nSPS) is 15.6. The van der Waals surface area contributed by atoms with Crippen LogP contribution in [0.25, 0.3) is 0 Å². The molecule has 1 N–H and O–H groups in total. The van der Waals surface area contributed by atoms with E-state index in [9.17, 15) is 13.2 Å². The molecule has 0 radical (unpaired) electrons. The van der Waals surface area contributed by atoms with Gasteiger partial charge in [0.15, 0.2) is 0 Å². The maximum absolute atomic E-state index is 12.5. The largest absolute Gasteiger partial charge is 0.396 e. The van der Waals surface area contributed by atoms with Crippen LogP contribution in [0.15, 0.2) is 0 Å². The second kappa shape index (κ2) is 5.01. The predicted molar refractivity (Wildman–Crippen MR) is 49.9 cm³/mol. The van der Waals surface area contributed by atoms with Gasteiger partial charge in [0.25, 0.3) is 0 Å². The fraction of sp³-hybridized carbons (Fsp3) is 1.00. The zero-order valence-corrected chi connectivity index (χ0v) is 8.99. The lowest BCUT2D eigenvalue weighted by molar-refractivity contribution is -0.184. The smallest absolute Gasteiger partial charge is 0.391 e. The Hall–Kier alpha value is -0.250. The highest BCUT2D eigenvalue weighted by molar-refractivity contribution is 4.74. The fourth-order valence-electron chi connectivity index (χ4n) is 1.46. The standard InChI is InChI=1S/C10H19F3O/c1-9(2,3)7-8(5-4-6-14)10(11,12)13/h8,14H,4-7H2,1-3H3. The molecule has 4 heteroatoms. The summed E-state index contributed by atoms with van der Waals surface area (Å²) in [5, 5.41) is 8.51. The number of hydrogen-bond acceptors (Lipinski definition) is 1. The van der Waals surface area contributed by atoms with Gasteiger partial charge in [-0.25, -0.2) is 0 Å². The summed E-state index contributed by atoms with van der Waals surface area (Å²) in [6, 6.07) is 0. The quantitative estimate of drug-likeness (QED) is 0.757. The number of aliphatic hydroxyl groups excluding tert-OH is 1. The Morgan fingerprint density at radius 3 is 1.93 bits per heavy atom. The van der Waals surface area contributed by atoms with Crippen LogP contribution in [0.1, 0.15) is 40.0 Å². The van der Waals surface area contributed by atoms with Gasteiger partial charge in [0, 0.05) is 6.61 Å². The van der Waals surface area contributed by atoms with Crippen molar-refractivity contribution in [2.75, 3.05) is 6.61 Å². The van der Waals surface area contributed by atoms with E-state index in [1.54, 1.807) is 20.8 Å². The number of hydrogen-bond donors (Lipinski definition) is 1. The third kappa shape index (κ3) is 6.24. The summed E-state index contributed by atoms with van der Waals surface area (Å²) in [4.78, 5) is 0. The van der Waals surface area contributed by atoms with Gasteiger partial charge in [-0.1, -0.05) is 20.8 Å². The van der Waals surface area contributed by atoms with Gasteiger partial charge in [0.1, 0.15) is 0 Å². The first-order valence-corrected chi connectivity index (χ1v) is 4.84. The van der Waals surface area contributed by atoms with Gasteiger partial charge >= 0.3 is 6.18 Å². The average molecular weight is 212 g/mol. The molecule has 1 unspecified atom stereocenters. The van der Waals surface area contributed by atoms with Gasteiger partial charge in [0.2, 0.25) is 0 Å². The Morgan fingerprint density at radius 2 is 1.64 bits per heavy atom. The summed E-state index contributed by atoms with van der Waals surface area (Å²) in [5.74, 6) is -1.28. The molecule has 0 amide bonds. The Morgan fingerprint density at radius 1 is 1.14 bits per heavy atom. The topological polar surface area (TPSA) is 20.2 Å². The highest BCUT2D eigenvalue weighted by Crippen LogP contribution is 2.38. The van der Waals surface area contributed by atoms with Crippen LogP contribution in [0, 0.1) is 11.3 Å². The maximum atomic E-state index is 12.5. The minimum absolute atomic E-state index is 0.0251. The monoisotopic (exact) mass is 212 g/mol. The van der Waals surface area contributed by atoms with E-state index in [2.05, 4.69) is 0 Å². The van der Waals surface area contributed by atoms with Crippen LogP contribution in [-0.2, 0) is 0 Å². The van der Waals surface area contributed by atoms with Crippen LogP contribution in [0.4, 0.5) is 13.2 Å². The average Bonchev–Trinajstić information content (AvgIpc) is 1.93. The van der Waals surface area contributed by atoms with E-state index in [4.69, 9.17) is 5.11 Å². The van der Waals surface area contributed by atoms with Crippen molar-refractivity contribution in [2.24, 2.45) is 11.3 Å². The second-order valence-electron chi connectivity index (χ2n) is 4.87. The van der Waals surface area contributed by atoms with Crippen LogP contribution in [-0.4, -0.2) is 17.9 Å². The molecule has 14 heavy (non-hydrogen) atoms. The highest BCUT2D eigenvalue weighted by Gasteiger charge is 2.40. The van der Waals surface area contributed by atoms with Gasteiger partial charge in [-0.2, -0.15) is 13.2 Å². The molecule has 0 spiro atoms. The molecule has 0 saturated heterocycles. The second-order valence-corrected chi connectivity index (χ2v) is 4.87. The van der Waals surface area contributed by atoms with E-state index in [1.165, 1.54) is 0 Å². The molecule has 0 bridgehead atoms. The van der Waals surface area contributed by atoms with E-state index in [-0.39, 0.29) is 31.3 Å². The van der Waals surface area contributed by atoms with Crippen molar-refractivity contribution in [3.05, 3.63) is 0 Å². The molecule has 0 heterocycles. The lowest BCUT2D eigenvalue weighted by Crippen LogP contribution is -2.27. The first kappa shape index (κ1) is 13.8. The zero-order chi connectivity index (χ0) is 11.4. The summed E-state index contributed by atoms with van der Waals surface area (Å²) in [6.07, 6.45) is -3.77. The van der Waals surface area contributed by atoms with E-state index in [0.29, 0.717) is 0 Å². The molecule has 1 nitrogen and oxygen atoms in total. The van der Waals surface area contributed by atoms with Crippen molar-refractivity contribution in [3.63, 3.8) is 0 Å². The third-order valence-corrected chi connectivity index (χ3v) is 2.03. The van der Waals surface area contributed by atoms with Crippen LogP contribution >= 0.6 is 0 Å². The molecular weight excluding hydrogens is 193 g/mol. The van der Waals surface area contributed by atoms with Crippen LogP contribution < -0.4 is 0 Å². The molecule has 0 saturated carbocycles. The summed E-state index contributed by atoms with van der Waals surface area (Å²) < 4.78 is 37.5. The summed E-state index contributed by atoms with van der Waals surface area (Å²) in [5.41, 5.74) is -0.324. The Balaban J connectivity index is 4.26. The van der Waals surface area contributed by atoms with Crippen LogP contribution in [0.2, 0.25) is 0 Å². The van der Waals surface area contributed by atoms with Crippen molar-refractivity contribution >= 4 is 0 Å². The molecule has 0 aliphatic carbocycles. The molecule has 0 aromatic rings. The summed E-state index contributed by atoms with van der Waals surface area (Å²) in [6.45, 7) is 5.22. The first-order valence-electron chi connectivity index (χ1n) is 4.84. The van der Waals surface area contributed by atoms with Gasteiger partial charge < -0.3 is 5.11 Å². The van der Waals surface area contributed by atoms with E-state index < -0.39 is 12.1 Å². The van der Waals surface area contributed by atoms with E-state index in [0.717, 1.165) is 0 Å². The SMILES string of the molecule is CC(C)(C)CC(CCCO)C(F)(F)F. The molecule has 0 fully saturated rings. The minimum atomic E-state index is -4.14. The van der Waals surface area contributed by atoms with Gasteiger partial charge in [0.05, 0.1) is 5.92 Å². The first-order chi connectivity index (χ1) is 6.17. The lowest BCUT2D eigenvalue weighted by atomic mass is 9.82. The fourth-order valence-corrected chi connectivity index (χ4v) is 1.46. The molecule has 0 rings (SSSR count). The number of alkyl halides is 3. The van der Waals surface area contributed by atoms with Crippen LogP contribution in [0.5, 0.6) is 0 Å². The number of rotatable bonds is 4. The Kier molecular flexibility index (Phi) is 4.92. The van der Waals surface area contributed by atoms with E-state index in [1.807, 2.05) is 0 Å². The maximum Gasteiger partial charge on any atom is 0.391 e. The number of aliphatic hydroxyl groups is 1. The predicted octanol–water partition coefficient (Wildman–Crippen LogP) is 3.37. The molecule has 0 aromatic heterocycles.